The monoisotopic (exact) mass is 337 g/mol. The molecule has 0 saturated carbocycles. The summed E-state index contributed by atoms with van der Waals surface area (Å²) >= 11 is 0. The van der Waals surface area contributed by atoms with E-state index in [1.165, 1.54) is 0 Å². The second kappa shape index (κ2) is 7.79. The molecule has 2 aromatic rings. The predicted octanol–water partition coefficient (Wildman–Crippen LogP) is 3.23. The minimum absolute atomic E-state index is 0. The van der Waals surface area contributed by atoms with Gasteiger partial charge in [-0.15, -0.1) is 12.4 Å². The molecule has 0 bridgehead atoms. The van der Waals surface area contributed by atoms with E-state index in [4.69, 9.17) is 10.3 Å². The molecule has 0 unspecified atom stereocenters. The standard InChI is InChI=1S/C17H23N3O2.ClH/c1-12-6-5-11-20(15(12)9-4-10-18)17(21)16-13-7-2-3-8-14(13)19-22-16;/h2-3,7-8,12,15H,4-6,9-11,18H2,1H3;1H/t12-,15-;/m1./s1. The second-order valence-electron chi connectivity index (χ2n) is 6.15. The fraction of sp³-hybridized carbons (Fsp3) is 0.529. The van der Waals surface area contributed by atoms with Crippen molar-refractivity contribution in [2.45, 2.75) is 38.6 Å². The van der Waals surface area contributed by atoms with Crippen molar-refractivity contribution in [1.82, 2.24) is 10.1 Å². The van der Waals surface area contributed by atoms with Crippen LogP contribution in [0.5, 0.6) is 0 Å². The molecule has 1 fully saturated rings. The van der Waals surface area contributed by atoms with Gasteiger partial charge in [0.25, 0.3) is 5.91 Å². The van der Waals surface area contributed by atoms with E-state index in [2.05, 4.69) is 12.1 Å². The van der Waals surface area contributed by atoms with Gasteiger partial charge in [-0.2, -0.15) is 0 Å². The molecule has 1 saturated heterocycles. The third kappa shape index (κ3) is 3.51. The summed E-state index contributed by atoms with van der Waals surface area (Å²) in [5, 5.41) is 4.79. The lowest BCUT2D eigenvalue weighted by Gasteiger charge is -2.39. The molecule has 1 aliphatic heterocycles. The molecule has 0 aliphatic carbocycles. The number of benzene rings is 1. The van der Waals surface area contributed by atoms with Crippen LogP contribution >= 0.6 is 12.4 Å². The van der Waals surface area contributed by atoms with Gasteiger partial charge in [-0.3, -0.25) is 4.79 Å². The molecule has 6 heteroatoms. The first-order valence-electron chi connectivity index (χ1n) is 8.08. The van der Waals surface area contributed by atoms with Gasteiger partial charge >= 0.3 is 0 Å². The molecular formula is C17H24ClN3O2. The number of hydrogen-bond acceptors (Lipinski definition) is 4. The molecular weight excluding hydrogens is 314 g/mol. The first-order chi connectivity index (χ1) is 10.7. The first kappa shape index (κ1) is 17.8. The van der Waals surface area contributed by atoms with Crippen molar-refractivity contribution in [3.05, 3.63) is 30.0 Å². The van der Waals surface area contributed by atoms with Crippen LogP contribution in [-0.2, 0) is 0 Å². The summed E-state index contributed by atoms with van der Waals surface area (Å²) in [6.07, 6.45) is 4.10. The van der Waals surface area contributed by atoms with E-state index in [0.717, 1.165) is 43.1 Å². The lowest BCUT2D eigenvalue weighted by Crippen LogP contribution is -2.47. The Hall–Kier alpha value is -1.59. The number of carbonyl (C=O) groups excluding carboxylic acids is 1. The van der Waals surface area contributed by atoms with E-state index < -0.39 is 0 Å². The smallest absolute Gasteiger partial charge is 0.293 e. The average molecular weight is 338 g/mol. The molecule has 126 valence electrons. The molecule has 23 heavy (non-hydrogen) atoms. The summed E-state index contributed by atoms with van der Waals surface area (Å²) in [4.78, 5) is 14.9. The molecule has 1 aliphatic rings. The van der Waals surface area contributed by atoms with E-state index >= 15 is 0 Å². The summed E-state index contributed by atoms with van der Waals surface area (Å²) in [5.74, 6) is 0.822. The Morgan fingerprint density at radius 1 is 1.43 bits per heavy atom. The van der Waals surface area contributed by atoms with Gasteiger partial charge in [-0.1, -0.05) is 24.2 Å². The summed E-state index contributed by atoms with van der Waals surface area (Å²) < 4.78 is 5.35. The molecule has 2 heterocycles. The first-order valence-corrected chi connectivity index (χ1v) is 8.08. The fourth-order valence-corrected chi connectivity index (χ4v) is 3.44. The van der Waals surface area contributed by atoms with Crippen LogP contribution in [-0.4, -0.2) is 35.1 Å². The Balaban J connectivity index is 0.00000192. The average Bonchev–Trinajstić information content (AvgIpc) is 2.97. The number of aromatic nitrogens is 1. The van der Waals surface area contributed by atoms with Gasteiger partial charge < -0.3 is 15.2 Å². The number of nitrogens with two attached hydrogens (primary N) is 1. The molecule has 0 radical (unpaired) electrons. The molecule has 5 nitrogen and oxygen atoms in total. The number of piperidine rings is 1. The van der Waals surface area contributed by atoms with Crippen LogP contribution in [0.1, 0.15) is 43.2 Å². The van der Waals surface area contributed by atoms with Crippen LogP contribution in [0.2, 0.25) is 0 Å². The fourth-order valence-electron chi connectivity index (χ4n) is 3.44. The van der Waals surface area contributed by atoms with E-state index in [1.54, 1.807) is 0 Å². The van der Waals surface area contributed by atoms with Crippen LogP contribution in [0.25, 0.3) is 10.9 Å². The van der Waals surface area contributed by atoms with Gasteiger partial charge in [0.15, 0.2) is 0 Å². The predicted molar refractivity (Wildman–Crippen MR) is 92.8 cm³/mol. The number of halogens is 1. The number of fused-ring (bicyclic) bond motifs is 1. The molecule has 3 rings (SSSR count). The number of rotatable bonds is 4. The quantitative estimate of drug-likeness (QED) is 0.929. The third-order valence-electron chi connectivity index (χ3n) is 4.66. The van der Waals surface area contributed by atoms with E-state index in [9.17, 15) is 4.79 Å². The Bertz CT molecular complexity index is 658. The summed E-state index contributed by atoms with van der Waals surface area (Å²) in [6, 6.07) is 7.79. The van der Waals surface area contributed by atoms with Crippen molar-refractivity contribution < 1.29 is 9.32 Å². The maximum atomic E-state index is 13.0. The number of nitrogens with zero attached hydrogens (tertiary/aromatic N) is 2. The van der Waals surface area contributed by atoms with Crippen molar-refractivity contribution in [2.24, 2.45) is 11.7 Å². The van der Waals surface area contributed by atoms with E-state index in [0.29, 0.717) is 18.2 Å². The van der Waals surface area contributed by atoms with Crippen LogP contribution in [0.15, 0.2) is 28.8 Å². The zero-order chi connectivity index (χ0) is 15.5. The Kier molecular flexibility index (Phi) is 6.02. The van der Waals surface area contributed by atoms with Crippen LogP contribution in [0.4, 0.5) is 0 Å². The van der Waals surface area contributed by atoms with Crippen LogP contribution in [0, 0.1) is 5.92 Å². The highest BCUT2D eigenvalue weighted by atomic mass is 35.5. The third-order valence-corrected chi connectivity index (χ3v) is 4.66. The van der Waals surface area contributed by atoms with Crippen molar-refractivity contribution in [3.8, 4) is 0 Å². The Morgan fingerprint density at radius 3 is 3.00 bits per heavy atom. The zero-order valence-electron chi connectivity index (χ0n) is 13.4. The van der Waals surface area contributed by atoms with Gasteiger partial charge in [-0.05, 0) is 50.3 Å². The topological polar surface area (TPSA) is 72.4 Å². The number of hydrogen-bond donors (Lipinski definition) is 1. The molecule has 1 aromatic heterocycles. The minimum atomic E-state index is -0.0396. The van der Waals surface area contributed by atoms with Crippen LogP contribution < -0.4 is 5.73 Å². The summed E-state index contributed by atoms with van der Waals surface area (Å²) in [5.41, 5.74) is 6.38. The largest absolute Gasteiger partial charge is 0.350 e. The van der Waals surface area contributed by atoms with Crippen molar-refractivity contribution in [3.63, 3.8) is 0 Å². The van der Waals surface area contributed by atoms with Crippen molar-refractivity contribution >= 4 is 29.2 Å². The highest BCUT2D eigenvalue weighted by molar-refractivity contribution is 6.03. The highest BCUT2D eigenvalue weighted by Crippen LogP contribution is 2.29. The maximum Gasteiger partial charge on any atom is 0.293 e. The normalized spacial score (nSPS) is 21.2. The van der Waals surface area contributed by atoms with Crippen LogP contribution in [0.3, 0.4) is 0 Å². The van der Waals surface area contributed by atoms with Crippen molar-refractivity contribution in [1.29, 1.82) is 0 Å². The number of amides is 1. The molecule has 1 amide bonds. The van der Waals surface area contributed by atoms with Gasteiger partial charge in [0.2, 0.25) is 5.76 Å². The highest BCUT2D eigenvalue weighted by Gasteiger charge is 2.34. The molecule has 2 atom stereocenters. The lowest BCUT2D eigenvalue weighted by molar-refractivity contribution is 0.0459. The zero-order valence-corrected chi connectivity index (χ0v) is 14.2. The Morgan fingerprint density at radius 2 is 2.22 bits per heavy atom. The molecule has 2 N–H and O–H groups in total. The van der Waals surface area contributed by atoms with E-state index in [-0.39, 0.29) is 24.4 Å². The number of carbonyl (C=O) groups is 1. The van der Waals surface area contributed by atoms with Gasteiger partial charge in [0, 0.05) is 12.6 Å². The van der Waals surface area contributed by atoms with Crippen molar-refractivity contribution in [2.75, 3.05) is 13.1 Å². The lowest BCUT2D eigenvalue weighted by atomic mass is 9.87. The summed E-state index contributed by atoms with van der Waals surface area (Å²) in [6.45, 7) is 3.67. The van der Waals surface area contributed by atoms with Gasteiger partial charge in [-0.25, -0.2) is 0 Å². The van der Waals surface area contributed by atoms with Gasteiger partial charge in [0.05, 0.1) is 5.39 Å². The maximum absolute atomic E-state index is 13.0. The summed E-state index contributed by atoms with van der Waals surface area (Å²) in [7, 11) is 0. The SMILES string of the molecule is C[C@@H]1CCCN(C(=O)c2onc3ccccc23)[C@@H]1CCCN.Cl. The van der Waals surface area contributed by atoms with E-state index in [1.807, 2.05) is 29.2 Å². The minimum Gasteiger partial charge on any atom is -0.350 e. The number of likely N-dealkylation sites (tertiary alicyclic amines) is 1. The molecule has 0 spiro atoms. The van der Waals surface area contributed by atoms with Gasteiger partial charge in [0.1, 0.15) is 5.52 Å². The second-order valence-corrected chi connectivity index (χ2v) is 6.15. The Labute approximate surface area is 142 Å². The molecule has 1 aromatic carbocycles.